The van der Waals surface area contributed by atoms with Crippen molar-refractivity contribution in [1.82, 2.24) is 9.88 Å². The summed E-state index contributed by atoms with van der Waals surface area (Å²) in [5, 5.41) is 3.32. The number of anilines is 2. The fourth-order valence-electron chi connectivity index (χ4n) is 4.89. The molecule has 2 aliphatic heterocycles. The van der Waals surface area contributed by atoms with Gasteiger partial charge in [0.05, 0.1) is 18.8 Å². The average Bonchev–Trinajstić information content (AvgIpc) is 3.38. The molecule has 2 aliphatic rings. The van der Waals surface area contributed by atoms with Gasteiger partial charge in [0.2, 0.25) is 0 Å². The number of nitrogens with one attached hydrogen (secondary N) is 1. The molecule has 3 heterocycles. The molecule has 1 saturated heterocycles. The number of benzene rings is 2. The zero-order chi connectivity index (χ0) is 25.8. The smallest absolute Gasteiger partial charge is 0.384 e. The first-order valence-electron chi connectivity index (χ1n) is 12.5. The molecule has 6 nitrogen and oxygen atoms in total. The monoisotopic (exact) mass is 510 g/mol. The molecule has 3 aromatic rings. The van der Waals surface area contributed by atoms with Crippen molar-refractivity contribution < 1.29 is 22.7 Å². The van der Waals surface area contributed by atoms with E-state index in [0.717, 1.165) is 48.9 Å². The van der Waals surface area contributed by atoms with Gasteiger partial charge in [-0.15, -0.1) is 0 Å². The van der Waals surface area contributed by atoms with E-state index in [1.165, 1.54) is 12.1 Å². The number of halogens is 3. The number of morpholine rings is 1. The van der Waals surface area contributed by atoms with Gasteiger partial charge >= 0.3 is 6.18 Å². The van der Waals surface area contributed by atoms with E-state index >= 15 is 0 Å². The molecule has 1 aromatic heterocycles. The van der Waals surface area contributed by atoms with E-state index in [9.17, 15) is 18.0 Å². The number of rotatable bonds is 7. The Hall–Kier alpha value is -3.43. The fraction of sp³-hybridized carbons (Fsp3) is 0.357. The fourth-order valence-corrected chi connectivity index (χ4v) is 4.89. The molecule has 1 fully saturated rings. The summed E-state index contributed by atoms with van der Waals surface area (Å²) >= 11 is 0. The highest BCUT2D eigenvalue weighted by atomic mass is 19.4. The number of carbonyl (C=O) groups excluding carboxylic acids is 1. The number of alkyl halides is 3. The number of fused-ring (bicyclic) bond motifs is 1. The summed E-state index contributed by atoms with van der Waals surface area (Å²) in [4.78, 5) is 22.4. The highest BCUT2D eigenvalue weighted by molar-refractivity contribution is 6.07. The highest BCUT2D eigenvalue weighted by Gasteiger charge is 2.30. The molecule has 0 atom stereocenters. The summed E-state index contributed by atoms with van der Waals surface area (Å²) in [6.45, 7) is 4.83. The Morgan fingerprint density at radius 1 is 1.05 bits per heavy atom. The number of carbonyl (C=O) groups is 1. The number of nitrogens with zero attached hydrogens (tertiary/aromatic N) is 3. The second-order valence-electron chi connectivity index (χ2n) is 9.32. The molecule has 5 rings (SSSR count). The first-order valence-corrected chi connectivity index (χ1v) is 12.5. The molecule has 1 N–H and O–H groups in total. The van der Waals surface area contributed by atoms with Crippen molar-refractivity contribution in [1.29, 1.82) is 0 Å². The molecule has 0 radical (unpaired) electrons. The topological polar surface area (TPSA) is 57.7 Å². The molecule has 0 saturated carbocycles. The Bertz CT molecular complexity index is 1260. The SMILES string of the molecule is O=C(c1cccc2c1CCN2)N(CCN1CCOCC1)c1cc(Cc2cccc(C(F)(F)F)c2)ccn1. The van der Waals surface area contributed by atoms with Gasteiger partial charge in [-0.2, -0.15) is 13.2 Å². The van der Waals surface area contributed by atoms with Crippen molar-refractivity contribution in [2.75, 3.05) is 56.2 Å². The molecule has 9 heteroatoms. The lowest BCUT2D eigenvalue weighted by atomic mass is 10.0. The summed E-state index contributed by atoms with van der Waals surface area (Å²) in [6.07, 6.45) is -1.70. The van der Waals surface area contributed by atoms with Gasteiger partial charge in [0.25, 0.3) is 5.91 Å². The largest absolute Gasteiger partial charge is 0.416 e. The summed E-state index contributed by atoms with van der Waals surface area (Å²) < 4.78 is 45.0. The van der Waals surface area contributed by atoms with Gasteiger partial charge in [-0.3, -0.25) is 14.6 Å². The minimum Gasteiger partial charge on any atom is -0.384 e. The van der Waals surface area contributed by atoms with E-state index in [0.29, 0.717) is 49.7 Å². The molecular weight excluding hydrogens is 481 g/mol. The van der Waals surface area contributed by atoms with Crippen LogP contribution in [0.4, 0.5) is 24.7 Å². The van der Waals surface area contributed by atoms with Crippen LogP contribution >= 0.6 is 0 Å². The number of hydrogen-bond acceptors (Lipinski definition) is 5. The van der Waals surface area contributed by atoms with Crippen LogP contribution in [0.25, 0.3) is 0 Å². The maximum Gasteiger partial charge on any atom is 0.416 e. The van der Waals surface area contributed by atoms with Gasteiger partial charge in [0.15, 0.2) is 0 Å². The van der Waals surface area contributed by atoms with Gasteiger partial charge in [-0.25, -0.2) is 4.98 Å². The van der Waals surface area contributed by atoms with Crippen molar-refractivity contribution >= 4 is 17.4 Å². The Balaban J connectivity index is 1.42. The Morgan fingerprint density at radius 3 is 2.65 bits per heavy atom. The number of aromatic nitrogens is 1. The maximum atomic E-state index is 13.9. The van der Waals surface area contributed by atoms with Gasteiger partial charge in [0.1, 0.15) is 5.82 Å². The van der Waals surface area contributed by atoms with Crippen molar-refractivity contribution in [2.24, 2.45) is 0 Å². The Labute approximate surface area is 214 Å². The van der Waals surface area contributed by atoms with E-state index in [-0.39, 0.29) is 5.91 Å². The van der Waals surface area contributed by atoms with Crippen molar-refractivity contribution in [2.45, 2.75) is 19.0 Å². The number of ether oxygens (including phenoxy) is 1. The summed E-state index contributed by atoms with van der Waals surface area (Å²) in [5.41, 5.74) is 3.29. The van der Waals surface area contributed by atoms with Crippen molar-refractivity contribution in [3.8, 4) is 0 Å². The number of pyridine rings is 1. The molecule has 37 heavy (non-hydrogen) atoms. The lowest BCUT2D eigenvalue weighted by Crippen LogP contribution is -2.43. The normalized spacial score (nSPS) is 15.8. The van der Waals surface area contributed by atoms with Crippen molar-refractivity contribution in [3.05, 3.63) is 88.6 Å². The molecule has 194 valence electrons. The lowest BCUT2D eigenvalue weighted by Gasteiger charge is -2.30. The third-order valence-corrected chi connectivity index (χ3v) is 6.83. The van der Waals surface area contributed by atoms with E-state index in [2.05, 4.69) is 15.2 Å². The van der Waals surface area contributed by atoms with Gasteiger partial charge < -0.3 is 10.1 Å². The Kier molecular flexibility index (Phi) is 7.43. The van der Waals surface area contributed by atoms with Crippen LogP contribution in [0.1, 0.15) is 32.6 Å². The van der Waals surface area contributed by atoms with Crippen LogP contribution in [0.3, 0.4) is 0 Å². The summed E-state index contributed by atoms with van der Waals surface area (Å²) in [7, 11) is 0. The van der Waals surface area contributed by atoms with Crippen molar-refractivity contribution in [3.63, 3.8) is 0 Å². The summed E-state index contributed by atoms with van der Waals surface area (Å²) in [6, 6.07) is 14.6. The maximum absolute atomic E-state index is 13.9. The van der Waals surface area contributed by atoms with E-state index < -0.39 is 11.7 Å². The number of amides is 1. The van der Waals surface area contributed by atoms with Crippen LogP contribution < -0.4 is 10.2 Å². The minimum atomic E-state index is -4.40. The predicted molar refractivity (Wildman–Crippen MR) is 136 cm³/mol. The van der Waals surface area contributed by atoms with E-state index in [1.807, 2.05) is 18.2 Å². The lowest BCUT2D eigenvalue weighted by molar-refractivity contribution is -0.137. The highest BCUT2D eigenvalue weighted by Crippen LogP contribution is 2.31. The van der Waals surface area contributed by atoms with Crippen LogP contribution in [0.5, 0.6) is 0 Å². The molecule has 0 spiro atoms. The Morgan fingerprint density at radius 2 is 1.84 bits per heavy atom. The second kappa shape index (κ2) is 10.9. The first kappa shape index (κ1) is 25.2. The minimum absolute atomic E-state index is 0.127. The first-order chi connectivity index (χ1) is 17.9. The third-order valence-electron chi connectivity index (χ3n) is 6.83. The standard InChI is InChI=1S/C28H29F3N4O2/c29-28(30,31)22-4-1-3-20(18-22)17-21-7-9-33-26(19-21)35(12-11-34-13-15-37-16-14-34)27(36)24-5-2-6-25-23(24)8-10-32-25/h1-7,9,18-19,32H,8,10-17H2. The van der Waals surface area contributed by atoms with E-state index in [4.69, 9.17) is 4.74 Å². The van der Waals surface area contributed by atoms with Gasteiger partial charge in [-0.05, 0) is 59.9 Å². The van der Waals surface area contributed by atoms with Gasteiger partial charge in [0, 0.05) is 50.2 Å². The molecule has 1 amide bonds. The summed E-state index contributed by atoms with van der Waals surface area (Å²) in [5.74, 6) is 0.365. The molecular formula is C28H29F3N4O2. The average molecular weight is 511 g/mol. The quantitative estimate of drug-likeness (QED) is 0.502. The molecule has 2 aromatic carbocycles. The van der Waals surface area contributed by atoms with Crippen LogP contribution in [-0.4, -0.2) is 61.7 Å². The van der Waals surface area contributed by atoms with Crippen LogP contribution in [0, 0.1) is 0 Å². The molecule has 0 aliphatic carbocycles. The number of hydrogen-bond donors (Lipinski definition) is 1. The molecule has 0 unspecified atom stereocenters. The van der Waals surface area contributed by atoms with Crippen LogP contribution in [0.15, 0.2) is 60.8 Å². The molecule has 0 bridgehead atoms. The zero-order valence-corrected chi connectivity index (χ0v) is 20.4. The third kappa shape index (κ3) is 5.94. The zero-order valence-electron chi connectivity index (χ0n) is 20.4. The van der Waals surface area contributed by atoms with Gasteiger partial charge in [-0.1, -0.05) is 24.3 Å². The second-order valence-corrected chi connectivity index (χ2v) is 9.32. The van der Waals surface area contributed by atoms with E-state index in [1.54, 1.807) is 29.3 Å². The predicted octanol–water partition coefficient (Wildman–Crippen LogP) is 4.64. The van der Waals surface area contributed by atoms with Crippen LogP contribution in [-0.2, 0) is 23.8 Å². The van der Waals surface area contributed by atoms with Crippen LogP contribution in [0.2, 0.25) is 0 Å².